The van der Waals surface area contributed by atoms with Crippen molar-refractivity contribution in [2.24, 2.45) is 0 Å². The summed E-state index contributed by atoms with van der Waals surface area (Å²) in [5.41, 5.74) is 1.84. The Morgan fingerprint density at radius 3 is 2.32 bits per heavy atom. The maximum atomic E-state index is 13.3. The number of carbonyl (C=O) groups excluding carboxylic acids is 3. The monoisotopic (exact) mass is 424 g/mol. The molecule has 31 heavy (non-hydrogen) atoms. The molecule has 164 valence electrons. The Morgan fingerprint density at radius 1 is 1.00 bits per heavy atom. The maximum absolute atomic E-state index is 13.3. The minimum Gasteiger partial charge on any atom is -0.497 e. The zero-order valence-corrected chi connectivity index (χ0v) is 18.0. The molecule has 0 N–H and O–H groups in total. The molecular formula is C24H28N2O5. The molecule has 3 rings (SSSR count). The van der Waals surface area contributed by atoms with E-state index < -0.39 is 6.04 Å². The molecule has 7 heteroatoms. The number of rotatable bonds is 9. The first-order valence-corrected chi connectivity index (χ1v) is 10.4. The predicted molar refractivity (Wildman–Crippen MR) is 115 cm³/mol. The minimum absolute atomic E-state index is 0.0137. The fourth-order valence-electron chi connectivity index (χ4n) is 3.68. The molecule has 1 aliphatic heterocycles. The molecular weight excluding hydrogens is 396 g/mol. The van der Waals surface area contributed by atoms with Gasteiger partial charge in [-0.05, 0) is 36.6 Å². The summed E-state index contributed by atoms with van der Waals surface area (Å²) < 4.78 is 10.2. The van der Waals surface area contributed by atoms with Crippen LogP contribution in [0.25, 0.3) is 0 Å². The highest BCUT2D eigenvalue weighted by Gasteiger charge is 2.39. The first-order chi connectivity index (χ1) is 15.0. The highest BCUT2D eigenvalue weighted by Crippen LogP contribution is 2.23. The van der Waals surface area contributed by atoms with E-state index in [-0.39, 0.29) is 43.8 Å². The molecule has 1 atom stereocenters. The first-order valence-electron chi connectivity index (χ1n) is 10.4. The van der Waals surface area contributed by atoms with Crippen molar-refractivity contribution in [1.29, 1.82) is 0 Å². The number of amides is 2. The van der Waals surface area contributed by atoms with Gasteiger partial charge in [-0.1, -0.05) is 42.5 Å². The van der Waals surface area contributed by atoms with E-state index in [1.807, 2.05) is 54.6 Å². The molecule has 1 aliphatic rings. The molecule has 1 unspecified atom stereocenters. The first kappa shape index (κ1) is 22.3. The summed E-state index contributed by atoms with van der Waals surface area (Å²) in [7, 11) is 1.59. The molecule has 2 amide bonds. The van der Waals surface area contributed by atoms with Crippen molar-refractivity contribution in [2.75, 3.05) is 20.3 Å². The summed E-state index contributed by atoms with van der Waals surface area (Å²) in [4.78, 5) is 41.4. The van der Waals surface area contributed by atoms with Gasteiger partial charge in [0.15, 0.2) is 0 Å². The van der Waals surface area contributed by atoms with Crippen molar-refractivity contribution in [3.05, 3.63) is 65.7 Å². The van der Waals surface area contributed by atoms with Crippen molar-refractivity contribution in [3.63, 3.8) is 0 Å². The van der Waals surface area contributed by atoms with Crippen molar-refractivity contribution in [2.45, 2.75) is 38.9 Å². The van der Waals surface area contributed by atoms with E-state index in [9.17, 15) is 14.4 Å². The molecule has 1 heterocycles. The second-order valence-corrected chi connectivity index (χ2v) is 7.41. The van der Waals surface area contributed by atoms with Crippen molar-refractivity contribution >= 4 is 17.8 Å². The average Bonchev–Trinajstić information content (AvgIpc) is 2.78. The van der Waals surface area contributed by atoms with Crippen LogP contribution in [-0.4, -0.2) is 53.9 Å². The van der Waals surface area contributed by atoms with Gasteiger partial charge >= 0.3 is 5.97 Å². The van der Waals surface area contributed by atoms with Gasteiger partial charge in [0, 0.05) is 19.5 Å². The lowest BCUT2D eigenvalue weighted by Gasteiger charge is -2.40. The predicted octanol–water partition coefficient (Wildman–Crippen LogP) is 2.78. The third-order valence-corrected chi connectivity index (χ3v) is 5.27. The van der Waals surface area contributed by atoms with E-state index in [2.05, 4.69) is 0 Å². The van der Waals surface area contributed by atoms with E-state index in [0.717, 1.165) is 16.9 Å². The molecule has 0 saturated carbocycles. The number of hydrogen-bond acceptors (Lipinski definition) is 5. The standard InChI is InChI=1S/C24H28N2O5/c1-3-31-23(28)14-13-21-24(29)25(15-18-7-5-4-6-8-18)17-22(27)26(21)16-19-9-11-20(30-2)12-10-19/h4-12,21H,3,13-17H2,1-2H3. The molecule has 2 aromatic carbocycles. The second kappa shape index (κ2) is 10.6. The smallest absolute Gasteiger partial charge is 0.305 e. The molecule has 0 spiro atoms. The summed E-state index contributed by atoms with van der Waals surface area (Å²) in [6, 6.07) is 16.2. The fourth-order valence-corrected chi connectivity index (χ4v) is 3.68. The Bertz CT molecular complexity index is 898. The highest BCUT2D eigenvalue weighted by molar-refractivity contribution is 5.95. The van der Waals surface area contributed by atoms with E-state index in [0.29, 0.717) is 13.1 Å². The van der Waals surface area contributed by atoms with Gasteiger partial charge in [-0.3, -0.25) is 14.4 Å². The van der Waals surface area contributed by atoms with Gasteiger partial charge in [0.1, 0.15) is 18.3 Å². The summed E-state index contributed by atoms with van der Waals surface area (Å²) in [5, 5.41) is 0. The van der Waals surface area contributed by atoms with Gasteiger partial charge in [0.25, 0.3) is 0 Å². The van der Waals surface area contributed by atoms with Gasteiger partial charge in [-0.25, -0.2) is 0 Å². The molecule has 0 aliphatic carbocycles. The molecule has 1 saturated heterocycles. The number of nitrogens with zero attached hydrogens (tertiary/aromatic N) is 2. The number of methoxy groups -OCH3 is 1. The lowest BCUT2D eigenvalue weighted by Crippen LogP contribution is -2.59. The van der Waals surface area contributed by atoms with Gasteiger partial charge in [-0.15, -0.1) is 0 Å². The Morgan fingerprint density at radius 2 is 1.68 bits per heavy atom. The Hall–Kier alpha value is -3.35. The Labute approximate surface area is 182 Å². The van der Waals surface area contributed by atoms with Crippen LogP contribution >= 0.6 is 0 Å². The molecule has 0 radical (unpaired) electrons. The van der Waals surface area contributed by atoms with Crippen LogP contribution in [0.1, 0.15) is 30.9 Å². The van der Waals surface area contributed by atoms with E-state index in [1.165, 1.54) is 0 Å². The number of esters is 1. The quantitative estimate of drug-likeness (QED) is 0.579. The Kier molecular flexibility index (Phi) is 7.65. The zero-order valence-electron chi connectivity index (χ0n) is 18.0. The largest absolute Gasteiger partial charge is 0.497 e. The highest BCUT2D eigenvalue weighted by atomic mass is 16.5. The van der Waals surface area contributed by atoms with E-state index in [4.69, 9.17) is 9.47 Å². The number of piperazine rings is 1. The van der Waals surface area contributed by atoms with Crippen LogP contribution in [0.2, 0.25) is 0 Å². The van der Waals surface area contributed by atoms with Gasteiger partial charge in [-0.2, -0.15) is 0 Å². The fraction of sp³-hybridized carbons (Fsp3) is 0.375. The van der Waals surface area contributed by atoms with Gasteiger partial charge in [0.2, 0.25) is 11.8 Å². The topological polar surface area (TPSA) is 76.2 Å². The normalized spacial score (nSPS) is 16.4. The number of hydrogen-bond donors (Lipinski definition) is 0. The molecule has 1 fully saturated rings. The van der Waals surface area contributed by atoms with E-state index >= 15 is 0 Å². The van der Waals surface area contributed by atoms with Crippen LogP contribution in [0.4, 0.5) is 0 Å². The molecule has 0 aromatic heterocycles. The van der Waals surface area contributed by atoms with Crippen LogP contribution in [-0.2, 0) is 32.2 Å². The van der Waals surface area contributed by atoms with Crippen molar-refractivity contribution in [3.8, 4) is 5.75 Å². The second-order valence-electron chi connectivity index (χ2n) is 7.41. The molecule has 7 nitrogen and oxygen atoms in total. The van der Waals surface area contributed by atoms with Crippen LogP contribution < -0.4 is 4.74 Å². The number of carbonyl (C=O) groups is 3. The van der Waals surface area contributed by atoms with Gasteiger partial charge in [0.05, 0.1) is 13.7 Å². The summed E-state index contributed by atoms with van der Waals surface area (Å²) >= 11 is 0. The molecule has 2 aromatic rings. The molecule has 0 bridgehead atoms. The third kappa shape index (κ3) is 5.84. The van der Waals surface area contributed by atoms with Crippen LogP contribution in [0.3, 0.4) is 0 Å². The van der Waals surface area contributed by atoms with Crippen molar-refractivity contribution < 1.29 is 23.9 Å². The Balaban J connectivity index is 1.78. The van der Waals surface area contributed by atoms with E-state index in [1.54, 1.807) is 23.8 Å². The lowest BCUT2D eigenvalue weighted by molar-refractivity contribution is -0.158. The minimum atomic E-state index is -0.712. The lowest BCUT2D eigenvalue weighted by atomic mass is 10.0. The third-order valence-electron chi connectivity index (χ3n) is 5.27. The maximum Gasteiger partial charge on any atom is 0.305 e. The summed E-state index contributed by atoms with van der Waals surface area (Å²) in [6.07, 6.45) is 0.306. The van der Waals surface area contributed by atoms with Gasteiger partial charge < -0.3 is 19.3 Å². The van der Waals surface area contributed by atoms with Crippen molar-refractivity contribution in [1.82, 2.24) is 9.80 Å². The number of ether oxygens (including phenoxy) is 2. The SMILES string of the molecule is CCOC(=O)CCC1C(=O)N(Cc2ccccc2)CC(=O)N1Cc1ccc(OC)cc1. The summed E-state index contributed by atoms with van der Waals surface area (Å²) in [5.74, 6) is 0.0616. The van der Waals surface area contributed by atoms with Crippen LogP contribution in [0.15, 0.2) is 54.6 Å². The summed E-state index contributed by atoms with van der Waals surface area (Å²) in [6.45, 7) is 2.69. The average molecular weight is 424 g/mol. The van der Waals surface area contributed by atoms with Crippen LogP contribution in [0.5, 0.6) is 5.75 Å². The number of benzene rings is 2. The van der Waals surface area contributed by atoms with Crippen LogP contribution in [0, 0.1) is 0 Å². The zero-order chi connectivity index (χ0) is 22.2.